The molecule has 1 saturated heterocycles. The standard InChI is InChI=1S/C13H10F3NO3.C8H12/c14-13(15,16)10-4-1-9(2-5-10)3-6-11(18)17-7-8-20-12(17)19;1-3-5-7-8-6-4-2/h1-6H,7-8H2;3-8H,1-2H3/b6-3+;5-3-,6-4+,8-7-. The van der Waals surface area contributed by atoms with Crippen LogP contribution < -0.4 is 0 Å². The molecule has 1 aromatic rings. The van der Waals surface area contributed by atoms with Gasteiger partial charge >= 0.3 is 12.3 Å². The molecule has 0 radical (unpaired) electrons. The largest absolute Gasteiger partial charge is 0.447 e. The fourth-order valence-electron chi connectivity index (χ4n) is 1.98. The van der Waals surface area contributed by atoms with E-state index in [2.05, 4.69) is 4.74 Å². The normalized spacial score (nSPS) is 14.9. The summed E-state index contributed by atoms with van der Waals surface area (Å²) in [4.78, 5) is 23.6. The van der Waals surface area contributed by atoms with E-state index < -0.39 is 23.7 Å². The highest BCUT2D eigenvalue weighted by atomic mass is 19.4. The number of carbonyl (C=O) groups is 2. The van der Waals surface area contributed by atoms with Crippen LogP contribution in [-0.2, 0) is 15.7 Å². The number of rotatable bonds is 4. The van der Waals surface area contributed by atoms with Crippen molar-refractivity contribution in [2.75, 3.05) is 13.2 Å². The zero-order chi connectivity index (χ0) is 21.0. The highest BCUT2D eigenvalue weighted by Crippen LogP contribution is 2.29. The second-order valence-corrected chi connectivity index (χ2v) is 5.49. The van der Waals surface area contributed by atoms with E-state index in [1.165, 1.54) is 18.2 Å². The van der Waals surface area contributed by atoms with Gasteiger partial charge < -0.3 is 4.74 Å². The summed E-state index contributed by atoms with van der Waals surface area (Å²) in [6, 6.07) is 4.34. The molecule has 0 aromatic heterocycles. The Bertz CT molecular complexity index is 746. The molecule has 1 aliphatic heterocycles. The van der Waals surface area contributed by atoms with E-state index in [4.69, 9.17) is 0 Å². The Morgan fingerprint density at radius 1 is 1.04 bits per heavy atom. The van der Waals surface area contributed by atoms with Crippen LogP contribution in [0.3, 0.4) is 0 Å². The van der Waals surface area contributed by atoms with Gasteiger partial charge in [0.05, 0.1) is 12.1 Å². The molecule has 0 bridgehead atoms. The summed E-state index contributed by atoms with van der Waals surface area (Å²) < 4.78 is 41.7. The lowest BCUT2D eigenvalue weighted by molar-refractivity contribution is -0.137. The zero-order valence-electron chi connectivity index (χ0n) is 15.6. The van der Waals surface area contributed by atoms with Crippen molar-refractivity contribution in [3.8, 4) is 0 Å². The number of halogens is 3. The Morgan fingerprint density at radius 3 is 2.04 bits per heavy atom. The van der Waals surface area contributed by atoms with Crippen LogP contribution in [0.4, 0.5) is 18.0 Å². The molecule has 150 valence electrons. The van der Waals surface area contributed by atoms with Gasteiger partial charge in [-0.25, -0.2) is 9.69 Å². The third-order valence-electron chi connectivity index (χ3n) is 3.40. The fraction of sp³-hybridized carbons (Fsp3) is 0.238. The topological polar surface area (TPSA) is 46.6 Å². The number of hydrogen-bond donors (Lipinski definition) is 0. The molecule has 2 amide bonds. The number of imide groups is 1. The van der Waals surface area contributed by atoms with E-state index >= 15 is 0 Å². The van der Waals surface area contributed by atoms with E-state index in [1.54, 1.807) is 0 Å². The number of amides is 2. The van der Waals surface area contributed by atoms with Crippen LogP contribution in [0.15, 0.2) is 66.8 Å². The van der Waals surface area contributed by atoms with Gasteiger partial charge in [-0.2, -0.15) is 13.2 Å². The quantitative estimate of drug-likeness (QED) is 0.509. The molecule has 7 heteroatoms. The van der Waals surface area contributed by atoms with Gasteiger partial charge in [-0.15, -0.1) is 0 Å². The van der Waals surface area contributed by atoms with Crippen LogP contribution in [0, 0.1) is 0 Å². The minimum atomic E-state index is -4.39. The van der Waals surface area contributed by atoms with Crippen molar-refractivity contribution in [2.24, 2.45) is 0 Å². The van der Waals surface area contributed by atoms with Gasteiger partial charge in [-0.1, -0.05) is 48.6 Å². The molecule has 0 aliphatic carbocycles. The second-order valence-electron chi connectivity index (χ2n) is 5.49. The Morgan fingerprint density at radius 2 is 1.61 bits per heavy atom. The van der Waals surface area contributed by atoms with Crippen molar-refractivity contribution in [1.82, 2.24) is 4.90 Å². The Balaban J connectivity index is 0.000000416. The van der Waals surface area contributed by atoms with Crippen LogP contribution in [0.1, 0.15) is 25.0 Å². The van der Waals surface area contributed by atoms with Crippen molar-refractivity contribution < 1.29 is 27.5 Å². The van der Waals surface area contributed by atoms with E-state index in [0.29, 0.717) is 5.56 Å². The maximum Gasteiger partial charge on any atom is 0.416 e. The molecule has 4 nitrogen and oxygen atoms in total. The first-order valence-electron chi connectivity index (χ1n) is 8.53. The van der Waals surface area contributed by atoms with Crippen molar-refractivity contribution in [2.45, 2.75) is 20.0 Å². The average molecular weight is 393 g/mol. The van der Waals surface area contributed by atoms with E-state index in [-0.39, 0.29) is 13.2 Å². The molecule has 0 atom stereocenters. The predicted molar refractivity (Wildman–Crippen MR) is 102 cm³/mol. The summed E-state index contributed by atoms with van der Waals surface area (Å²) in [6.07, 6.45) is 9.35. The molecule has 28 heavy (non-hydrogen) atoms. The molecule has 1 heterocycles. The van der Waals surface area contributed by atoms with Gasteiger partial charge in [0.1, 0.15) is 6.61 Å². The fourth-order valence-corrected chi connectivity index (χ4v) is 1.98. The maximum absolute atomic E-state index is 12.4. The maximum atomic E-state index is 12.4. The van der Waals surface area contributed by atoms with Gasteiger partial charge in [0.15, 0.2) is 0 Å². The van der Waals surface area contributed by atoms with Crippen molar-refractivity contribution >= 4 is 18.1 Å². The van der Waals surface area contributed by atoms with Crippen LogP contribution in [-0.4, -0.2) is 30.1 Å². The summed E-state index contributed by atoms with van der Waals surface area (Å²) >= 11 is 0. The second kappa shape index (κ2) is 11.6. The van der Waals surface area contributed by atoms with Crippen molar-refractivity contribution in [1.29, 1.82) is 0 Å². The monoisotopic (exact) mass is 393 g/mol. The van der Waals surface area contributed by atoms with Crippen LogP contribution in [0.5, 0.6) is 0 Å². The van der Waals surface area contributed by atoms with Crippen LogP contribution in [0.25, 0.3) is 6.08 Å². The van der Waals surface area contributed by atoms with Crippen molar-refractivity contribution in [3.63, 3.8) is 0 Å². The van der Waals surface area contributed by atoms with Crippen molar-refractivity contribution in [3.05, 3.63) is 77.9 Å². The molecule has 1 aromatic carbocycles. The number of cyclic esters (lactones) is 1. The van der Waals surface area contributed by atoms with Crippen LogP contribution >= 0.6 is 0 Å². The lowest BCUT2D eigenvalue weighted by atomic mass is 10.1. The molecule has 0 N–H and O–H groups in total. The SMILES string of the molecule is C\C=C/C=C\C=C\C.O=C(/C=C/c1ccc(C(F)(F)F)cc1)N1CCOC1=O. The number of ether oxygens (including phenoxy) is 1. The number of benzene rings is 1. The number of allylic oxidation sites excluding steroid dienone is 6. The van der Waals surface area contributed by atoms with Gasteiger partial charge in [0.2, 0.25) is 0 Å². The van der Waals surface area contributed by atoms with Gasteiger partial charge in [-0.05, 0) is 37.6 Å². The minimum Gasteiger partial charge on any atom is -0.447 e. The molecule has 1 fully saturated rings. The first-order valence-corrected chi connectivity index (χ1v) is 8.53. The summed E-state index contributed by atoms with van der Waals surface area (Å²) in [5.74, 6) is -0.563. The number of carbonyl (C=O) groups excluding carboxylic acids is 2. The lowest BCUT2D eigenvalue weighted by Crippen LogP contribution is -2.29. The summed E-state index contributed by atoms with van der Waals surface area (Å²) in [7, 11) is 0. The Hall–Kier alpha value is -3.09. The predicted octanol–water partition coefficient (Wildman–Crippen LogP) is 5.39. The van der Waals surface area contributed by atoms with E-state index in [0.717, 1.165) is 23.1 Å². The summed E-state index contributed by atoms with van der Waals surface area (Å²) in [6.45, 7) is 4.33. The van der Waals surface area contributed by atoms with Gasteiger partial charge in [-0.3, -0.25) is 4.79 Å². The Labute approximate surface area is 162 Å². The number of alkyl halides is 3. The first-order chi connectivity index (χ1) is 13.3. The molecule has 0 unspecified atom stereocenters. The summed E-state index contributed by atoms with van der Waals surface area (Å²) in [5, 5.41) is 0. The van der Waals surface area contributed by atoms with Gasteiger partial charge in [0, 0.05) is 6.08 Å². The molecule has 0 spiro atoms. The molecular formula is C21H22F3NO3. The highest BCUT2D eigenvalue weighted by Gasteiger charge is 2.30. The molecular weight excluding hydrogens is 371 g/mol. The molecule has 0 saturated carbocycles. The Kier molecular flexibility index (Phi) is 9.50. The smallest absolute Gasteiger partial charge is 0.416 e. The van der Waals surface area contributed by atoms with E-state index in [1.807, 2.05) is 50.3 Å². The lowest BCUT2D eigenvalue weighted by Gasteiger charge is -2.07. The molecule has 2 rings (SSSR count). The third-order valence-corrected chi connectivity index (χ3v) is 3.40. The first kappa shape index (κ1) is 23.0. The average Bonchev–Trinajstić information content (AvgIpc) is 3.09. The van der Waals surface area contributed by atoms with E-state index in [9.17, 15) is 22.8 Å². The zero-order valence-corrected chi connectivity index (χ0v) is 15.6. The van der Waals surface area contributed by atoms with Gasteiger partial charge in [0.25, 0.3) is 5.91 Å². The highest BCUT2D eigenvalue weighted by molar-refractivity contribution is 6.01. The van der Waals surface area contributed by atoms with Crippen LogP contribution in [0.2, 0.25) is 0 Å². The third kappa shape index (κ3) is 8.07. The molecule has 1 aliphatic rings. The summed E-state index contributed by atoms with van der Waals surface area (Å²) in [5.41, 5.74) is -0.331. The number of hydrogen-bond acceptors (Lipinski definition) is 3. The number of nitrogens with zero attached hydrogens (tertiary/aromatic N) is 1. The minimum absolute atomic E-state index is 0.151.